The van der Waals surface area contributed by atoms with Crippen molar-refractivity contribution in [3.63, 3.8) is 0 Å². The Kier molecular flexibility index (Phi) is 4.70. The number of para-hydroxylation sites is 1. The molecule has 0 saturated carbocycles. The van der Waals surface area contributed by atoms with E-state index in [0.29, 0.717) is 5.69 Å². The van der Waals surface area contributed by atoms with E-state index < -0.39 is 10.8 Å². The van der Waals surface area contributed by atoms with Crippen LogP contribution in [0.1, 0.15) is 10.4 Å². The first kappa shape index (κ1) is 15.2. The van der Waals surface area contributed by atoms with Crippen molar-refractivity contribution >= 4 is 45.6 Å². The van der Waals surface area contributed by atoms with E-state index in [2.05, 4.69) is 33.3 Å². The second kappa shape index (κ2) is 6.50. The third-order valence-electron chi connectivity index (χ3n) is 2.72. The fourth-order valence-corrected chi connectivity index (χ4v) is 2.13. The Morgan fingerprint density at radius 3 is 2.43 bits per heavy atom. The average Bonchev–Trinajstić information content (AvgIpc) is 2.48. The number of nitrogens with zero attached hydrogens (tertiary/aromatic N) is 1. The number of nitrogens with two attached hydrogens (primary N) is 1. The number of carbonyl (C=O) groups is 1. The molecule has 0 bridgehead atoms. The number of hydrazine groups is 1. The zero-order chi connectivity index (χ0) is 15.4. The van der Waals surface area contributed by atoms with Gasteiger partial charge in [-0.3, -0.25) is 20.8 Å². The van der Waals surface area contributed by atoms with Gasteiger partial charge in [0.25, 0.3) is 5.91 Å². The van der Waals surface area contributed by atoms with Gasteiger partial charge in [0.1, 0.15) is 11.3 Å². The molecular weight excluding hydrogens is 387 g/mol. The summed E-state index contributed by atoms with van der Waals surface area (Å²) in [6, 6.07) is 11.4. The van der Waals surface area contributed by atoms with Crippen LogP contribution in [0.5, 0.6) is 0 Å². The highest BCUT2D eigenvalue weighted by Crippen LogP contribution is 2.28. The minimum atomic E-state index is -0.641. The van der Waals surface area contributed by atoms with Crippen LogP contribution in [0.15, 0.2) is 42.5 Å². The van der Waals surface area contributed by atoms with Gasteiger partial charge in [0.15, 0.2) is 0 Å². The molecule has 0 unspecified atom stereocenters. The zero-order valence-corrected chi connectivity index (χ0v) is 12.8. The number of anilines is 2. The van der Waals surface area contributed by atoms with E-state index >= 15 is 0 Å². The van der Waals surface area contributed by atoms with Crippen LogP contribution < -0.4 is 16.6 Å². The van der Waals surface area contributed by atoms with Gasteiger partial charge in [-0.25, -0.2) is 0 Å². The van der Waals surface area contributed by atoms with Crippen LogP contribution in [0.25, 0.3) is 0 Å². The number of nitro benzene ring substituents is 1. The van der Waals surface area contributed by atoms with Crippen molar-refractivity contribution in [1.29, 1.82) is 0 Å². The van der Waals surface area contributed by atoms with Crippen molar-refractivity contribution in [1.82, 2.24) is 0 Å². The van der Waals surface area contributed by atoms with Crippen molar-refractivity contribution in [3.05, 3.63) is 61.7 Å². The molecule has 0 heterocycles. The lowest BCUT2D eigenvalue weighted by molar-refractivity contribution is -0.384. The van der Waals surface area contributed by atoms with E-state index in [1.54, 1.807) is 12.1 Å². The largest absolute Gasteiger partial charge is 0.322 e. The predicted octanol–water partition coefficient (Wildman–Crippen LogP) is 2.74. The fourth-order valence-electron chi connectivity index (χ4n) is 1.77. The number of hydrogen-bond acceptors (Lipinski definition) is 5. The maximum absolute atomic E-state index is 12.2. The average molecular weight is 398 g/mol. The number of nitrogen functional groups attached to an aromatic ring is 1. The summed E-state index contributed by atoms with van der Waals surface area (Å²) in [7, 11) is 0. The summed E-state index contributed by atoms with van der Waals surface area (Å²) in [5, 5.41) is 13.7. The van der Waals surface area contributed by atoms with Gasteiger partial charge in [0, 0.05) is 9.26 Å². The first-order valence-electron chi connectivity index (χ1n) is 5.84. The van der Waals surface area contributed by atoms with Gasteiger partial charge in [-0.05, 0) is 59.0 Å². The lowest BCUT2D eigenvalue weighted by Crippen LogP contribution is -2.16. The molecule has 8 heteroatoms. The first-order chi connectivity index (χ1) is 10.0. The quantitative estimate of drug-likeness (QED) is 0.318. The molecule has 0 spiro atoms. The van der Waals surface area contributed by atoms with Crippen LogP contribution in [0, 0.1) is 13.7 Å². The summed E-state index contributed by atoms with van der Waals surface area (Å²) in [5.41, 5.74) is 2.44. The third kappa shape index (κ3) is 3.47. The maximum Gasteiger partial charge on any atom is 0.306 e. The van der Waals surface area contributed by atoms with Crippen molar-refractivity contribution in [2.75, 3.05) is 10.7 Å². The molecule has 0 atom stereocenters. The molecule has 2 rings (SSSR count). The van der Waals surface area contributed by atoms with Crippen molar-refractivity contribution in [2.45, 2.75) is 0 Å². The summed E-state index contributed by atoms with van der Waals surface area (Å²) in [5.74, 6) is 4.67. The zero-order valence-electron chi connectivity index (χ0n) is 10.7. The van der Waals surface area contributed by atoms with Crippen LogP contribution >= 0.6 is 22.6 Å². The highest BCUT2D eigenvalue weighted by molar-refractivity contribution is 14.1. The molecule has 0 saturated heterocycles. The van der Waals surface area contributed by atoms with E-state index in [1.807, 2.05) is 12.1 Å². The number of benzene rings is 2. The number of amides is 1. The van der Waals surface area contributed by atoms with Crippen molar-refractivity contribution in [3.8, 4) is 0 Å². The number of rotatable bonds is 4. The van der Waals surface area contributed by atoms with Gasteiger partial charge >= 0.3 is 5.69 Å². The van der Waals surface area contributed by atoms with E-state index in [1.165, 1.54) is 18.2 Å². The van der Waals surface area contributed by atoms with Crippen LogP contribution in [0.2, 0.25) is 0 Å². The molecule has 0 aliphatic rings. The van der Waals surface area contributed by atoms with Gasteiger partial charge in [0.2, 0.25) is 0 Å². The second-order valence-electron chi connectivity index (χ2n) is 4.06. The van der Waals surface area contributed by atoms with E-state index in [4.69, 9.17) is 5.84 Å². The molecule has 2 aromatic carbocycles. The van der Waals surface area contributed by atoms with Gasteiger partial charge in [-0.15, -0.1) is 0 Å². The SMILES string of the molecule is NNc1cccc(C(=O)Nc2ccc(I)cc2)c1[N+](=O)[O-]. The van der Waals surface area contributed by atoms with E-state index in [-0.39, 0.29) is 16.9 Å². The Bertz CT molecular complexity index is 688. The standard InChI is InChI=1S/C13H11IN4O3/c14-8-4-6-9(7-5-8)16-13(19)10-2-1-3-11(17-15)12(10)18(20)21/h1-7,17H,15H2,(H,16,19). The molecule has 4 N–H and O–H groups in total. The van der Waals surface area contributed by atoms with Crippen LogP contribution in [-0.4, -0.2) is 10.8 Å². The van der Waals surface area contributed by atoms with Crippen molar-refractivity contribution in [2.24, 2.45) is 5.84 Å². The molecular formula is C13H11IN4O3. The minimum absolute atomic E-state index is 0.0611. The number of carbonyl (C=O) groups excluding carboxylic acids is 1. The molecule has 0 radical (unpaired) electrons. The Morgan fingerprint density at radius 1 is 1.19 bits per heavy atom. The van der Waals surface area contributed by atoms with Crippen LogP contribution in [0.4, 0.5) is 17.1 Å². The molecule has 2 aromatic rings. The molecule has 0 aliphatic carbocycles. The summed E-state index contributed by atoms with van der Waals surface area (Å²) in [4.78, 5) is 22.7. The number of nitro groups is 1. The Balaban J connectivity index is 2.35. The molecule has 1 amide bonds. The number of halogens is 1. The Labute approximate surface area is 133 Å². The van der Waals surface area contributed by atoms with E-state index in [9.17, 15) is 14.9 Å². The molecule has 108 valence electrons. The number of nitrogens with one attached hydrogen (secondary N) is 2. The van der Waals surface area contributed by atoms with Gasteiger partial charge in [-0.2, -0.15) is 0 Å². The van der Waals surface area contributed by atoms with Crippen LogP contribution in [-0.2, 0) is 0 Å². The van der Waals surface area contributed by atoms with Crippen molar-refractivity contribution < 1.29 is 9.72 Å². The monoisotopic (exact) mass is 398 g/mol. The molecule has 0 fully saturated rings. The topological polar surface area (TPSA) is 110 Å². The third-order valence-corrected chi connectivity index (χ3v) is 3.44. The first-order valence-corrected chi connectivity index (χ1v) is 6.91. The smallest absolute Gasteiger partial charge is 0.306 e. The summed E-state index contributed by atoms with van der Waals surface area (Å²) in [6.45, 7) is 0. The summed E-state index contributed by atoms with van der Waals surface area (Å²) < 4.78 is 1.02. The second-order valence-corrected chi connectivity index (χ2v) is 5.31. The molecule has 0 aliphatic heterocycles. The molecule has 7 nitrogen and oxygen atoms in total. The highest BCUT2D eigenvalue weighted by atomic mass is 127. The lowest BCUT2D eigenvalue weighted by atomic mass is 10.1. The molecule has 21 heavy (non-hydrogen) atoms. The fraction of sp³-hybridized carbons (Fsp3) is 0. The highest BCUT2D eigenvalue weighted by Gasteiger charge is 2.24. The summed E-state index contributed by atoms with van der Waals surface area (Å²) in [6.07, 6.45) is 0. The number of hydrogen-bond donors (Lipinski definition) is 3. The lowest BCUT2D eigenvalue weighted by Gasteiger charge is -2.08. The summed E-state index contributed by atoms with van der Waals surface area (Å²) >= 11 is 2.14. The Hall–Kier alpha value is -2.20. The van der Waals surface area contributed by atoms with Gasteiger partial charge in [0.05, 0.1) is 4.92 Å². The Morgan fingerprint density at radius 2 is 1.86 bits per heavy atom. The van der Waals surface area contributed by atoms with Gasteiger partial charge in [-0.1, -0.05) is 6.07 Å². The normalized spacial score (nSPS) is 10.0. The maximum atomic E-state index is 12.2. The molecule has 0 aromatic heterocycles. The van der Waals surface area contributed by atoms with E-state index in [0.717, 1.165) is 3.57 Å². The van der Waals surface area contributed by atoms with Gasteiger partial charge < -0.3 is 10.7 Å². The minimum Gasteiger partial charge on any atom is -0.322 e. The van der Waals surface area contributed by atoms with Crippen LogP contribution in [0.3, 0.4) is 0 Å². The predicted molar refractivity (Wildman–Crippen MR) is 88.0 cm³/mol.